The van der Waals surface area contributed by atoms with Crippen LogP contribution < -0.4 is 11.1 Å². The van der Waals surface area contributed by atoms with Crippen molar-refractivity contribution < 1.29 is 9.53 Å². The molecule has 3 N–H and O–H groups in total. The Morgan fingerprint density at radius 3 is 2.57 bits per heavy atom. The van der Waals surface area contributed by atoms with Crippen molar-refractivity contribution in [2.24, 2.45) is 11.7 Å². The van der Waals surface area contributed by atoms with Gasteiger partial charge in [-0.05, 0) is 32.4 Å². The molecule has 0 spiro atoms. The Labute approximate surface area is 86.2 Å². The average molecular weight is 202 g/mol. The van der Waals surface area contributed by atoms with Gasteiger partial charge in [0.1, 0.15) is 6.04 Å². The predicted molar refractivity (Wildman–Crippen MR) is 56.9 cm³/mol. The average Bonchev–Trinajstić information content (AvgIpc) is 2.12. The Morgan fingerprint density at radius 1 is 1.50 bits per heavy atom. The lowest BCUT2D eigenvalue weighted by Gasteiger charge is -2.20. The molecule has 0 aromatic heterocycles. The van der Waals surface area contributed by atoms with Crippen LogP contribution in [0.5, 0.6) is 0 Å². The number of hydrogen-bond donors (Lipinski definition) is 2. The zero-order chi connectivity index (χ0) is 11.0. The molecule has 0 amide bonds. The molecule has 1 atom stereocenters. The number of rotatable bonds is 7. The van der Waals surface area contributed by atoms with Crippen molar-refractivity contribution in [2.75, 3.05) is 19.7 Å². The number of carbonyl (C=O) groups excluding carboxylic acids is 1. The summed E-state index contributed by atoms with van der Waals surface area (Å²) in [6.07, 6.45) is 0.878. The summed E-state index contributed by atoms with van der Waals surface area (Å²) < 4.78 is 4.96. The first kappa shape index (κ1) is 13.4. The molecule has 0 aromatic rings. The highest BCUT2D eigenvalue weighted by molar-refractivity contribution is 5.76. The van der Waals surface area contributed by atoms with E-state index >= 15 is 0 Å². The van der Waals surface area contributed by atoms with Crippen molar-refractivity contribution in [3.8, 4) is 0 Å². The summed E-state index contributed by atoms with van der Waals surface area (Å²) in [7, 11) is 0. The molecule has 0 aliphatic carbocycles. The molecule has 4 nitrogen and oxygen atoms in total. The lowest BCUT2D eigenvalue weighted by atomic mass is 10.0. The zero-order valence-corrected chi connectivity index (χ0v) is 9.38. The third kappa shape index (κ3) is 5.19. The van der Waals surface area contributed by atoms with Gasteiger partial charge in [0, 0.05) is 0 Å². The highest BCUT2D eigenvalue weighted by Gasteiger charge is 2.22. The van der Waals surface area contributed by atoms with Crippen molar-refractivity contribution in [2.45, 2.75) is 33.2 Å². The molecule has 14 heavy (non-hydrogen) atoms. The van der Waals surface area contributed by atoms with Gasteiger partial charge < -0.3 is 15.8 Å². The topological polar surface area (TPSA) is 64.3 Å². The second-order valence-corrected chi connectivity index (χ2v) is 3.57. The summed E-state index contributed by atoms with van der Waals surface area (Å²) in [6, 6.07) is -0.207. The van der Waals surface area contributed by atoms with Crippen LogP contribution in [0.2, 0.25) is 0 Å². The van der Waals surface area contributed by atoms with Crippen LogP contribution in [0, 0.1) is 5.92 Å². The minimum atomic E-state index is -0.207. The van der Waals surface area contributed by atoms with Gasteiger partial charge in [-0.1, -0.05) is 13.8 Å². The Bertz CT molecular complexity index is 160. The van der Waals surface area contributed by atoms with Gasteiger partial charge >= 0.3 is 5.97 Å². The van der Waals surface area contributed by atoms with Crippen molar-refractivity contribution in [3.63, 3.8) is 0 Å². The van der Waals surface area contributed by atoms with Gasteiger partial charge in [0.2, 0.25) is 0 Å². The van der Waals surface area contributed by atoms with Crippen molar-refractivity contribution in [1.82, 2.24) is 5.32 Å². The van der Waals surface area contributed by atoms with Gasteiger partial charge in [0.25, 0.3) is 0 Å². The summed E-state index contributed by atoms with van der Waals surface area (Å²) in [5, 5.41) is 3.15. The standard InChI is InChI=1S/C10H22N2O2/c1-4-14-10(13)9(8(2)3)12-7-5-6-11/h8-9,12H,4-7,11H2,1-3H3/t9-/m0/s1. The van der Waals surface area contributed by atoms with Crippen LogP contribution in [0.1, 0.15) is 27.2 Å². The first-order valence-electron chi connectivity index (χ1n) is 5.23. The van der Waals surface area contributed by atoms with E-state index in [1.807, 2.05) is 20.8 Å². The van der Waals surface area contributed by atoms with Crippen LogP contribution >= 0.6 is 0 Å². The van der Waals surface area contributed by atoms with E-state index in [4.69, 9.17) is 10.5 Å². The quantitative estimate of drug-likeness (QED) is 0.466. The van der Waals surface area contributed by atoms with E-state index in [2.05, 4.69) is 5.32 Å². The van der Waals surface area contributed by atoms with Crippen molar-refractivity contribution in [1.29, 1.82) is 0 Å². The van der Waals surface area contributed by atoms with E-state index < -0.39 is 0 Å². The Balaban J connectivity index is 3.95. The fraction of sp³-hybridized carbons (Fsp3) is 0.900. The molecule has 0 aliphatic heterocycles. The summed E-state index contributed by atoms with van der Waals surface area (Å²) in [4.78, 5) is 11.5. The molecule has 0 radical (unpaired) electrons. The molecule has 0 aliphatic rings. The highest BCUT2D eigenvalue weighted by atomic mass is 16.5. The van der Waals surface area contributed by atoms with Gasteiger partial charge in [0.05, 0.1) is 6.61 Å². The molecule has 0 bridgehead atoms. The maximum absolute atomic E-state index is 11.5. The van der Waals surface area contributed by atoms with Gasteiger partial charge in [-0.3, -0.25) is 4.79 Å². The molecule has 0 saturated carbocycles. The molecule has 0 saturated heterocycles. The van der Waals surface area contributed by atoms with E-state index in [-0.39, 0.29) is 17.9 Å². The zero-order valence-electron chi connectivity index (χ0n) is 9.38. The minimum absolute atomic E-state index is 0.167. The summed E-state index contributed by atoms with van der Waals surface area (Å²) in [5.41, 5.74) is 5.37. The fourth-order valence-corrected chi connectivity index (χ4v) is 1.18. The second-order valence-electron chi connectivity index (χ2n) is 3.57. The summed E-state index contributed by atoms with van der Waals surface area (Å²) in [5.74, 6) is 0.0753. The number of hydrogen-bond acceptors (Lipinski definition) is 4. The van der Waals surface area contributed by atoms with Crippen LogP contribution in [0.15, 0.2) is 0 Å². The number of esters is 1. The second kappa shape index (κ2) is 7.76. The smallest absolute Gasteiger partial charge is 0.323 e. The van der Waals surface area contributed by atoms with Crippen LogP contribution in [0.25, 0.3) is 0 Å². The molecule has 0 heterocycles. The Kier molecular flexibility index (Phi) is 7.42. The highest BCUT2D eigenvalue weighted by Crippen LogP contribution is 2.03. The predicted octanol–water partition coefficient (Wildman–Crippen LogP) is 0.513. The van der Waals surface area contributed by atoms with Gasteiger partial charge in [0.15, 0.2) is 0 Å². The first-order valence-corrected chi connectivity index (χ1v) is 5.23. The molecule has 0 aromatic carbocycles. The molecule has 0 rings (SSSR count). The lowest BCUT2D eigenvalue weighted by molar-refractivity contribution is -0.146. The molecular formula is C10H22N2O2. The third-order valence-electron chi connectivity index (χ3n) is 1.95. The van der Waals surface area contributed by atoms with Crippen LogP contribution in [-0.2, 0) is 9.53 Å². The molecule has 0 fully saturated rings. The van der Waals surface area contributed by atoms with Crippen molar-refractivity contribution >= 4 is 5.97 Å². The van der Waals surface area contributed by atoms with Crippen LogP contribution in [0.3, 0.4) is 0 Å². The molecule has 0 unspecified atom stereocenters. The first-order chi connectivity index (χ1) is 6.63. The number of carbonyl (C=O) groups is 1. The van der Waals surface area contributed by atoms with Crippen LogP contribution in [0.4, 0.5) is 0 Å². The van der Waals surface area contributed by atoms with E-state index in [1.54, 1.807) is 0 Å². The SMILES string of the molecule is CCOC(=O)[C@@H](NCCCN)C(C)C. The maximum Gasteiger partial charge on any atom is 0.323 e. The van der Waals surface area contributed by atoms with E-state index in [0.29, 0.717) is 13.2 Å². The monoisotopic (exact) mass is 202 g/mol. The largest absolute Gasteiger partial charge is 0.465 e. The van der Waals surface area contributed by atoms with E-state index in [9.17, 15) is 4.79 Å². The maximum atomic E-state index is 11.5. The van der Waals surface area contributed by atoms with Gasteiger partial charge in [-0.25, -0.2) is 0 Å². The summed E-state index contributed by atoms with van der Waals surface area (Å²) in [6.45, 7) is 7.64. The normalized spacial score (nSPS) is 12.9. The van der Waals surface area contributed by atoms with Crippen molar-refractivity contribution in [3.05, 3.63) is 0 Å². The number of nitrogens with two attached hydrogens (primary N) is 1. The summed E-state index contributed by atoms with van der Waals surface area (Å²) >= 11 is 0. The molecular weight excluding hydrogens is 180 g/mol. The van der Waals surface area contributed by atoms with Gasteiger partial charge in [-0.15, -0.1) is 0 Å². The number of ether oxygens (including phenoxy) is 1. The lowest BCUT2D eigenvalue weighted by Crippen LogP contribution is -2.42. The minimum Gasteiger partial charge on any atom is -0.465 e. The van der Waals surface area contributed by atoms with Gasteiger partial charge in [-0.2, -0.15) is 0 Å². The molecule has 84 valence electrons. The Morgan fingerprint density at radius 2 is 2.14 bits per heavy atom. The Hall–Kier alpha value is -0.610. The van der Waals surface area contributed by atoms with E-state index in [0.717, 1.165) is 13.0 Å². The fourth-order valence-electron chi connectivity index (χ4n) is 1.18. The number of nitrogens with one attached hydrogen (secondary N) is 1. The molecule has 4 heteroatoms. The van der Waals surface area contributed by atoms with Crippen LogP contribution in [-0.4, -0.2) is 31.7 Å². The van der Waals surface area contributed by atoms with E-state index in [1.165, 1.54) is 0 Å². The third-order valence-corrected chi connectivity index (χ3v) is 1.95.